The van der Waals surface area contributed by atoms with Gasteiger partial charge in [0.1, 0.15) is 0 Å². The number of nitrogens with zero attached hydrogens (tertiary/aromatic N) is 2. The normalized spacial score (nSPS) is 21.9. The Morgan fingerprint density at radius 3 is 2.81 bits per heavy atom. The standard InChI is InChI=1S/C16H25N3O2/c1-11-5-6-15(17-2)14(7-11)16(21)19-10-13(20)8-12(19)9-18(3)4/h5-7,12-13,17,20H,8-10H2,1-4H3. The molecule has 0 aliphatic carbocycles. The fourth-order valence-electron chi connectivity index (χ4n) is 2.94. The molecule has 2 N–H and O–H groups in total. The number of nitrogens with one attached hydrogen (secondary N) is 1. The molecule has 5 heteroatoms. The number of aryl methyl sites for hydroxylation is 1. The molecule has 0 bridgehead atoms. The Morgan fingerprint density at radius 2 is 2.19 bits per heavy atom. The van der Waals surface area contributed by atoms with E-state index < -0.39 is 6.10 Å². The molecule has 1 aromatic carbocycles. The lowest BCUT2D eigenvalue weighted by molar-refractivity contribution is 0.0700. The van der Waals surface area contributed by atoms with Crippen molar-refractivity contribution in [1.82, 2.24) is 9.80 Å². The van der Waals surface area contributed by atoms with E-state index in [0.717, 1.165) is 17.8 Å². The Hall–Kier alpha value is -1.59. The van der Waals surface area contributed by atoms with Gasteiger partial charge < -0.3 is 20.2 Å². The second-order valence-corrected chi connectivity index (χ2v) is 6.06. The Morgan fingerprint density at radius 1 is 1.48 bits per heavy atom. The number of β-amino-alcohol motifs (C(OH)–C–C–N with tert-alkyl or cyclic N) is 1. The lowest BCUT2D eigenvalue weighted by Gasteiger charge is -2.27. The Bertz CT molecular complexity index is 516. The summed E-state index contributed by atoms with van der Waals surface area (Å²) < 4.78 is 0. The Labute approximate surface area is 126 Å². The lowest BCUT2D eigenvalue weighted by atomic mass is 10.1. The lowest BCUT2D eigenvalue weighted by Crippen LogP contribution is -2.41. The summed E-state index contributed by atoms with van der Waals surface area (Å²) in [5.41, 5.74) is 2.56. The molecule has 21 heavy (non-hydrogen) atoms. The number of likely N-dealkylation sites (tertiary alicyclic amines) is 1. The summed E-state index contributed by atoms with van der Waals surface area (Å²) in [7, 11) is 5.79. The second kappa shape index (κ2) is 6.45. The molecule has 1 fully saturated rings. The van der Waals surface area contributed by atoms with Crippen molar-refractivity contribution in [3.05, 3.63) is 29.3 Å². The van der Waals surface area contributed by atoms with Crippen LogP contribution in [0.2, 0.25) is 0 Å². The highest BCUT2D eigenvalue weighted by molar-refractivity contribution is 6.00. The number of aliphatic hydroxyl groups is 1. The van der Waals surface area contributed by atoms with Crippen LogP contribution in [-0.4, -0.2) is 67.2 Å². The average Bonchev–Trinajstić information content (AvgIpc) is 2.77. The second-order valence-electron chi connectivity index (χ2n) is 6.06. The molecule has 116 valence electrons. The molecular weight excluding hydrogens is 266 g/mol. The molecule has 1 aliphatic rings. The quantitative estimate of drug-likeness (QED) is 0.874. The number of carbonyl (C=O) groups excluding carboxylic acids is 1. The maximum Gasteiger partial charge on any atom is 0.256 e. The van der Waals surface area contributed by atoms with Crippen LogP contribution < -0.4 is 5.32 Å². The summed E-state index contributed by atoms with van der Waals surface area (Å²) in [6.45, 7) is 3.16. The zero-order valence-corrected chi connectivity index (χ0v) is 13.3. The van der Waals surface area contributed by atoms with Crippen molar-refractivity contribution in [3.8, 4) is 0 Å². The zero-order valence-electron chi connectivity index (χ0n) is 13.3. The van der Waals surface area contributed by atoms with Gasteiger partial charge in [-0.25, -0.2) is 0 Å². The van der Waals surface area contributed by atoms with Gasteiger partial charge in [0.15, 0.2) is 0 Å². The monoisotopic (exact) mass is 291 g/mol. The topological polar surface area (TPSA) is 55.8 Å². The summed E-state index contributed by atoms with van der Waals surface area (Å²) in [4.78, 5) is 16.7. The molecule has 0 aromatic heterocycles. The highest BCUT2D eigenvalue weighted by Crippen LogP contribution is 2.25. The largest absolute Gasteiger partial charge is 0.391 e. The van der Waals surface area contributed by atoms with Gasteiger partial charge in [-0.15, -0.1) is 0 Å². The van der Waals surface area contributed by atoms with Crippen molar-refractivity contribution in [2.24, 2.45) is 0 Å². The van der Waals surface area contributed by atoms with E-state index in [2.05, 4.69) is 10.2 Å². The van der Waals surface area contributed by atoms with Crippen LogP contribution in [0.25, 0.3) is 0 Å². The molecule has 2 rings (SSSR count). The molecule has 5 nitrogen and oxygen atoms in total. The first kappa shape index (κ1) is 15.8. The van der Waals surface area contributed by atoms with Gasteiger partial charge in [0.05, 0.1) is 11.7 Å². The average molecular weight is 291 g/mol. The van der Waals surface area contributed by atoms with Crippen molar-refractivity contribution in [3.63, 3.8) is 0 Å². The Balaban J connectivity index is 2.27. The molecule has 1 amide bonds. The fraction of sp³-hybridized carbons (Fsp3) is 0.562. The number of hydrogen-bond donors (Lipinski definition) is 2. The fourth-order valence-corrected chi connectivity index (χ4v) is 2.94. The summed E-state index contributed by atoms with van der Waals surface area (Å²) in [5.74, 6) is -0.00792. The molecule has 0 saturated carbocycles. The summed E-state index contributed by atoms with van der Waals surface area (Å²) in [5, 5.41) is 13.0. The molecule has 2 atom stereocenters. The van der Waals surface area contributed by atoms with Crippen molar-refractivity contribution in [1.29, 1.82) is 0 Å². The molecule has 1 aliphatic heterocycles. The van der Waals surface area contributed by atoms with Crippen molar-refractivity contribution >= 4 is 11.6 Å². The van der Waals surface area contributed by atoms with E-state index in [4.69, 9.17) is 0 Å². The smallest absolute Gasteiger partial charge is 0.256 e. The number of aliphatic hydroxyl groups excluding tert-OH is 1. The number of rotatable bonds is 4. The maximum absolute atomic E-state index is 12.9. The van der Waals surface area contributed by atoms with Crippen molar-refractivity contribution in [2.45, 2.75) is 25.5 Å². The van der Waals surface area contributed by atoms with Crippen LogP contribution in [-0.2, 0) is 0 Å². The molecule has 1 saturated heterocycles. The maximum atomic E-state index is 12.9. The van der Waals surface area contributed by atoms with E-state index in [1.54, 1.807) is 4.90 Å². The van der Waals surface area contributed by atoms with Crippen LogP contribution >= 0.6 is 0 Å². The minimum Gasteiger partial charge on any atom is -0.391 e. The number of likely N-dealkylation sites (N-methyl/N-ethyl adjacent to an activating group) is 1. The predicted octanol–water partition coefficient (Wildman–Crippen LogP) is 1.17. The minimum absolute atomic E-state index is 0.00792. The zero-order chi connectivity index (χ0) is 15.6. The van der Waals surface area contributed by atoms with Crippen LogP contribution in [0.15, 0.2) is 18.2 Å². The van der Waals surface area contributed by atoms with E-state index in [-0.39, 0.29) is 11.9 Å². The summed E-state index contributed by atoms with van der Waals surface area (Å²) in [6.07, 6.45) is 0.215. The van der Waals surface area contributed by atoms with Crippen LogP contribution in [0.1, 0.15) is 22.3 Å². The number of anilines is 1. The summed E-state index contributed by atoms with van der Waals surface area (Å²) in [6, 6.07) is 5.88. The number of hydrogen-bond acceptors (Lipinski definition) is 4. The van der Waals surface area contributed by atoms with E-state index in [1.165, 1.54) is 0 Å². The Kier molecular flexibility index (Phi) is 4.85. The first-order valence-corrected chi connectivity index (χ1v) is 7.34. The highest BCUT2D eigenvalue weighted by Gasteiger charge is 2.35. The molecule has 0 spiro atoms. The third-order valence-corrected chi connectivity index (χ3v) is 3.90. The molecular formula is C16H25N3O2. The molecule has 0 radical (unpaired) electrons. The third-order valence-electron chi connectivity index (χ3n) is 3.90. The van der Waals surface area contributed by atoms with Gasteiger partial charge in [0, 0.05) is 31.9 Å². The molecule has 1 aromatic rings. The van der Waals surface area contributed by atoms with Crippen LogP contribution in [0.4, 0.5) is 5.69 Å². The van der Waals surface area contributed by atoms with Gasteiger partial charge in [-0.1, -0.05) is 11.6 Å². The van der Waals surface area contributed by atoms with Gasteiger partial charge in [-0.2, -0.15) is 0 Å². The van der Waals surface area contributed by atoms with Crippen molar-refractivity contribution in [2.75, 3.05) is 39.5 Å². The van der Waals surface area contributed by atoms with Gasteiger partial charge in [-0.3, -0.25) is 4.79 Å². The number of amides is 1. The van der Waals surface area contributed by atoms with E-state index >= 15 is 0 Å². The SMILES string of the molecule is CNc1ccc(C)cc1C(=O)N1CC(O)CC1CN(C)C. The third kappa shape index (κ3) is 3.54. The number of benzene rings is 1. The van der Waals surface area contributed by atoms with Gasteiger partial charge in [-0.05, 0) is 39.6 Å². The summed E-state index contributed by atoms with van der Waals surface area (Å²) >= 11 is 0. The minimum atomic E-state index is -0.429. The van der Waals surface area contributed by atoms with E-state index in [9.17, 15) is 9.90 Å². The van der Waals surface area contributed by atoms with Gasteiger partial charge >= 0.3 is 0 Å². The first-order chi connectivity index (χ1) is 9.92. The van der Waals surface area contributed by atoms with Gasteiger partial charge in [0.25, 0.3) is 5.91 Å². The molecule has 1 heterocycles. The van der Waals surface area contributed by atoms with Crippen LogP contribution in [0, 0.1) is 6.92 Å². The predicted molar refractivity (Wildman–Crippen MR) is 84.7 cm³/mol. The van der Waals surface area contributed by atoms with E-state index in [1.807, 2.05) is 46.3 Å². The van der Waals surface area contributed by atoms with Gasteiger partial charge in [0.2, 0.25) is 0 Å². The molecule has 2 unspecified atom stereocenters. The first-order valence-electron chi connectivity index (χ1n) is 7.34. The highest BCUT2D eigenvalue weighted by atomic mass is 16.3. The number of carbonyl (C=O) groups is 1. The van der Waals surface area contributed by atoms with Crippen LogP contribution in [0.3, 0.4) is 0 Å². The van der Waals surface area contributed by atoms with Crippen molar-refractivity contribution < 1.29 is 9.90 Å². The van der Waals surface area contributed by atoms with Crippen LogP contribution in [0.5, 0.6) is 0 Å². The van der Waals surface area contributed by atoms with E-state index in [0.29, 0.717) is 18.5 Å².